The summed E-state index contributed by atoms with van der Waals surface area (Å²) in [6.45, 7) is 0.572. The Kier molecular flexibility index (Phi) is 3.80. The van der Waals surface area contributed by atoms with Crippen LogP contribution in [0.15, 0.2) is 18.2 Å². The van der Waals surface area contributed by atoms with E-state index in [9.17, 15) is 13.2 Å². The molecule has 0 aliphatic carbocycles. The highest BCUT2D eigenvalue weighted by Gasteiger charge is 2.15. The van der Waals surface area contributed by atoms with Crippen LogP contribution in [0.3, 0.4) is 0 Å². The SMILES string of the molecule is CC(C)(N)Cc1ccc(OC(F)F)cc1F. The molecule has 0 spiro atoms. The Morgan fingerprint density at radius 1 is 1.38 bits per heavy atom. The zero-order chi connectivity index (χ0) is 12.3. The first-order valence-corrected chi connectivity index (χ1v) is 4.80. The molecule has 1 aromatic carbocycles. The Morgan fingerprint density at radius 2 is 2.00 bits per heavy atom. The number of benzene rings is 1. The van der Waals surface area contributed by atoms with Crippen molar-refractivity contribution in [2.45, 2.75) is 32.4 Å². The lowest BCUT2D eigenvalue weighted by atomic mass is 9.96. The van der Waals surface area contributed by atoms with Crippen LogP contribution in [0, 0.1) is 5.82 Å². The van der Waals surface area contributed by atoms with E-state index in [2.05, 4.69) is 4.74 Å². The maximum absolute atomic E-state index is 13.5. The third kappa shape index (κ3) is 4.10. The number of hydrogen-bond acceptors (Lipinski definition) is 2. The zero-order valence-electron chi connectivity index (χ0n) is 9.14. The third-order valence-corrected chi connectivity index (χ3v) is 1.90. The lowest BCUT2D eigenvalue weighted by molar-refractivity contribution is -0.0500. The van der Waals surface area contributed by atoms with E-state index in [1.165, 1.54) is 12.1 Å². The molecule has 1 rings (SSSR count). The molecule has 0 radical (unpaired) electrons. The van der Waals surface area contributed by atoms with E-state index in [4.69, 9.17) is 5.73 Å². The van der Waals surface area contributed by atoms with E-state index in [0.29, 0.717) is 12.0 Å². The first-order chi connectivity index (χ1) is 7.28. The second-order valence-electron chi connectivity index (χ2n) is 4.30. The minimum atomic E-state index is -2.95. The normalized spacial score (nSPS) is 11.9. The molecule has 5 heteroatoms. The van der Waals surface area contributed by atoms with Crippen molar-refractivity contribution >= 4 is 0 Å². The summed E-state index contributed by atoms with van der Waals surface area (Å²) in [5.41, 5.74) is 5.57. The van der Waals surface area contributed by atoms with Crippen molar-refractivity contribution in [3.8, 4) is 5.75 Å². The van der Waals surface area contributed by atoms with Crippen molar-refractivity contribution in [2.75, 3.05) is 0 Å². The van der Waals surface area contributed by atoms with Gasteiger partial charge in [0.05, 0.1) is 0 Å². The van der Waals surface area contributed by atoms with Crippen LogP contribution in [0.5, 0.6) is 5.75 Å². The molecule has 2 nitrogen and oxygen atoms in total. The molecule has 0 aliphatic rings. The Labute approximate surface area is 92.2 Å². The molecule has 0 aromatic heterocycles. The summed E-state index contributed by atoms with van der Waals surface area (Å²) in [7, 11) is 0. The summed E-state index contributed by atoms with van der Waals surface area (Å²) in [5.74, 6) is -0.775. The predicted octanol–water partition coefficient (Wildman–Crippen LogP) is 2.71. The van der Waals surface area contributed by atoms with Gasteiger partial charge in [-0.15, -0.1) is 0 Å². The summed E-state index contributed by atoms with van der Waals surface area (Å²) in [4.78, 5) is 0. The Morgan fingerprint density at radius 3 is 2.44 bits per heavy atom. The predicted molar refractivity (Wildman–Crippen MR) is 55.0 cm³/mol. The van der Waals surface area contributed by atoms with Gasteiger partial charge in [0, 0.05) is 11.6 Å². The highest BCUT2D eigenvalue weighted by Crippen LogP contribution is 2.21. The maximum atomic E-state index is 13.5. The van der Waals surface area contributed by atoms with Crippen LogP contribution in [-0.4, -0.2) is 12.2 Å². The second-order valence-corrected chi connectivity index (χ2v) is 4.30. The quantitative estimate of drug-likeness (QED) is 0.867. The molecular formula is C11H14F3NO. The molecule has 0 saturated carbocycles. The van der Waals surface area contributed by atoms with Gasteiger partial charge in [-0.25, -0.2) is 4.39 Å². The molecule has 0 saturated heterocycles. The third-order valence-electron chi connectivity index (χ3n) is 1.90. The van der Waals surface area contributed by atoms with E-state index < -0.39 is 18.0 Å². The first kappa shape index (κ1) is 12.8. The fraction of sp³-hybridized carbons (Fsp3) is 0.455. The van der Waals surface area contributed by atoms with Crippen LogP contribution in [0.1, 0.15) is 19.4 Å². The molecule has 2 N–H and O–H groups in total. The topological polar surface area (TPSA) is 35.2 Å². The van der Waals surface area contributed by atoms with Gasteiger partial charge in [-0.1, -0.05) is 6.07 Å². The molecule has 0 bridgehead atoms. The van der Waals surface area contributed by atoms with Gasteiger partial charge in [0.15, 0.2) is 0 Å². The number of alkyl halides is 2. The number of halogens is 3. The molecule has 0 aliphatic heterocycles. The van der Waals surface area contributed by atoms with Gasteiger partial charge in [0.2, 0.25) is 0 Å². The van der Waals surface area contributed by atoms with E-state index in [-0.39, 0.29) is 5.75 Å². The highest BCUT2D eigenvalue weighted by atomic mass is 19.3. The van der Waals surface area contributed by atoms with E-state index in [0.717, 1.165) is 6.07 Å². The van der Waals surface area contributed by atoms with Crippen LogP contribution in [-0.2, 0) is 6.42 Å². The van der Waals surface area contributed by atoms with Crippen molar-refractivity contribution < 1.29 is 17.9 Å². The maximum Gasteiger partial charge on any atom is 0.387 e. The number of rotatable bonds is 4. The van der Waals surface area contributed by atoms with Crippen molar-refractivity contribution in [3.63, 3.8) is 0 Å². The van der Waals surface area contributed by atoms with Crippen molar-refractivity contribution in [2.24, 2.45) is 5.73 Å². The second kappa shape index (κ2) is 4.74. The van der Waals surface area contributed by atoms with Crippen molar-refractivity contribution in [3.05, 3.63) is 29.6 Å². The van der Waals surface area contributed by atoms with E-state index >= 15 is 0 Å². The summed E-state index contributed by atoms with van der Waals surface area (Å²) >= 11 is 0. The van der Waals surface area contributed by atoms with E-state index in [1.54, 1.807) is 13.8 Å². The van der Waals surface area contributed by atoms with Crippen LogP contribution in [0.2, 0.25) is 0 Å². The zero-order valence-corrected chi connectivity index (χ0v) is 9.14. The van der Waals surface area contributed by atoms with Gasteiger partial charge >= 0.3 is 6.61 Å². The van der Waals surface area contributed by atoms with Gasteiger partial charge in [-0.05, 0) is 31.9 Å². The highest BCUT2D eigenvalue weighted by molar-refractivity contribution is 5.29. The summed E-state index contributed by atoms with van der Waals surface area (Å²) in [5, 5.41) is 0. The molecular weight excluding hydrogens is 219 g/mol. The standard InChI is InChI=1S/C11H14F3NO/c1-11(2,15)6-7-3-4-8(5-9(7)12)16-10(13)14/h3-5,10H,6,15H2,1-2H3. The number of hydrogen-bond donors (Lipinski definition) is 1. The van der Waals surface area contributed by atoms with Crippen LogP contribution < -0.4 is 10.5 Å². The Hall–Kier alpha value is -1.23. The van der Waals surface area contributed by atoms with Crippen molar-refractivity contribution in [1.29, 1.82) is 0 Å². The molecule has 0 fully saturated rings. The Balaban J connectivity index is 2.83. The summed E-state index contributed by atoms with van der Waals surface area (Å²) in [6.07, 6.45) is 0.327. The average Bonchev–Trinajstić information content (AvgIpc) is 2.06. The van der Waals surface area contributed by atoms with Gasteiger partial charge in [0.25, 0.3) is 0 Å². The monoisotopic (exact) mass is 233 g/mol. The number of nitrogens with two attached hydrogens (primary N) is 1. The molecule has 90 valence electrons. The fourth-order valence-corrected chi connectivity index (χ4v) is 1.34. The van der Waals surface area contributed by atoms with Gasteiger partial charge in [0.1, 0.15) is 11.6 Å². The van der Waals surface area contributed by atoms with Crippen molar-refractivity contribution in [1.82, 2.24) is 0 Å². The average molecular weight is 233 g/mol. The fourth-order valence-electron chi connectivity index (χ4n) is 1.34. The van der Waals surface area contributed by atoms with Crippen LogP contribution in [0.25, 0.3) is 0 Å². The molecule has 16 heavy (non-hydrogen) atoms. The molecule has 0 unspecified atom stereocenters. The minimum absolute atomic E-state index is 0.189. The molecule has 0 atom stereocenters. The van der Waals surface area contributed by atoms with Crippen LogP contribution >= 0.6 is 0 Å². The molecule has 0 heterocycles. The molecule has 1 aromatic rings. The summed E-state index contributed by atoms with van der Waals surface area (Å²) in [6, 6.07) is 3.64. The molecule has 0 amide bonds. The first-order valence-electron chi connectivity index (χ1n) is 4.80. The smallest absolute Gasteiger partial charge is 0.387 e. The van der Waals surface area contributed by atoms with Crippen LogP contribution in [0.4, 0.5) is 13.2 Å². The largest absolute Gasteiger partial charge is 0.435 e. The lowest BCUT2D eigenvalue weighted by Gasteiger charge is -2.19. The lowest BCUT2D eigenvalue weighted by Crippen LogP contribution is -2.34. The van der Waals surface area contributed by atoms with E-state index in [1.807, 2.05) is 0 Å². The van der Waals surface area contributed by atoms with Gasteiger partial charge in [-0.3, -0.25) is 0 Å². The minimum Gasteiger partial charge on any atom is -0.435 e. The van der Waals surface area contributed by atoms with Gasteiger partial charge < -0.3 is 10.5 Å². The summed E-state index contributed by atoms with van der Waals surface area (Å²) < 4.78 is 41.2. The van der Waals surface area contributed by atoms with Gasteiger partial charge in [-0.2, -0.15) is 8.78 Å². The number of ether oxygens (including phenoxy) is 1. The Bertz CT molecular complexity index is 361.